The van der Waals surface area contributed by atoms with Crippen molar-refractivity contribution < 1.29 is 4.74 Å². The third kappa shape index (κ3) is 2.92. The van der Waals surface area contributed by atoms with Crippen LogP contribution in [-0.4, -0.2) is 15.2 Å². The van der Waals surface area contributed by atoms with Crippen molar-refractivity contribution in [2.45, 2.75) is 33.1 Å². The van der Waals surface area contributed by atoms with Gasteiger partial charge in [-0.05, 0) is 20.8 Å². The second-order valence-corrected chi connectivity index (χ2v) is 3.70. The molecule has 0 atom stereocenters. The second kappa shape index (κ2) is 3.15. The summed E-state index contributed by atoms with van der Waals surface area (Å²) in [7, 11) is 0. The fourth-order valence-corrected chi connectivity index (χ4v) is 0.716. The molecule has 0 saturated carbocycles. The maximum atomic E-state index is 5.50. The van der Waals surface area contributed by atoms with Gasteiger partial charge < -0.3 is 15.0 Å². The summed E-state index contributed by atoms with van der Waals surface area (Å²) in [6.45, 7) is 6.52. The molecule has 0 amide bonds. The van der Waals surface area contributed by atoms with Gasteiger partial charge in [-0.3, -0.25) is 0 Å². The predicted molar refractivity (Wildman–Crippen MR) is 47.5 cm³/mol. The van der Waals surface area contributed by atoms with E-state index in [4.69, 9.17) is 10.5 Å². The summed E-state index contributed by atoms with van der Waals surface area (Å²) >= 11 is 0. The van der Waals surface area contributed by atoms with Crippen LogP contribution < -0.4 is 5.73 Å². The summed E-state index contributed by atoms with van der Waals surface area (Å²) in [5, 5.41) is 0. The second-order valence-electron chi connectivity index (χ2n) is 3.70. The number of anilines is 1. The van der Waals surface area contributed by atoms with Gasteiger partial charge in [-0.1, -0.05) is 0 Å². The van der Waals surface area contributed by atoms with Crippen LogP contribution in [0, 0.1) is 0 Å². The van der Waals surface area contributed by atoms with E-state index in [0.29, 0.717) is 12.5 Å². The molecular formula is C8H15N3O. The lowest BCUT2D eigenvalue weighted by Crippen LogP contribution is -2.20. The Morgan fingerprint density at radius 1 is 1.58 bits per heavy atom. The summed E-state index contributed by atoms with van der Waals surface area (Å²) in [6, 6.07) is 0. The van der Waals surface area contributed by atoms with Crippen molar-refractivity contribution in [3.8, 4) is 0 Å². The van der Waals surface area contributed by atoms with Crippen molar-refractivity contribution in [2.24, 2.45) is 0 Å². The highest BCUT2D eigenvalue weighted by Gasteiger charge is 2.09. The zero-order valence-electron chi connectivity index (χ0n) is 7.74. The maximum Gasteiger partial charge on any atom is 0.141 e. The standard InChI is InChI=1S/C8H15N3O/c1-8(2,3)12-6-11-4-7(9)10-5-11/h4-5H,6,9H2,1-3H3. The lowest BCUT2D eigenvalue weighted by molar-refractivity contribution is -0.0432. The Balaban J connectivity index is 2.44. The number of rotatable bonds is 2. The molecule has 68 valence electrons. The van der Waals surface area contributed by atoms with E-state index in [1.165, 1.54) is 0 Å². The Morgan fingerprint density at radius 2 is 2.25 bits per heavy atom. The van der Waals surface area contributed by atoms with E-state index in [0.717, 1.165) is 0 Å². The zero-order valence-corrected chi connectivity index (χ0v) is 7.74. The quantitative estimate of drug-likeness (QED) is 0.724. The topological polar surface area (TPSA) is 53.1 Å². The van der Waals surface area contributed by atoms with Crippen LogP contribution in [0.15, 0.2) is 12.5 Å². The van der Waals surface area contributed by atoms with E-state index in [1.807, 2.05) is 20.8 Å². The Kier molecular flexibility index (Phi) is 2.38. The molecule has 0 aliphatic carbocycles. The van der Waals surface area contributed by atoms with Crippen molar-refractivity contribution in [1.29, 1.82) is 0 Å². The van der Waals surface area contributed by atoms with Crippen LogP contribution in [0.3, 0.4) is 0 Å². The summed E-state index contributed by atoms with van der Waals surface area (Å²) in [5.41, 5.74) is 5.30. The predicted octanol–water partition coefficient (Wildman–Crippen LogP) is 1.24. The van der Waals surface area contributed by atoms with Gasteiger partial charge in [0.25, 0.3) is 0 Å². The zero-order chi connectivity index (χ0) is 9.19. The van der Waals surface area contributed by atoms with Crippen LogP contribution in [0.25, 0.3) is 0 Å². The minimum Gasteiger partial charge on any atom is -0.382 e. The van der Waals surface area contributed by atoms with E-state index in [9.17, 15) is 0 Å². The van der Waals surface area contributed by atoms with Gasteiger partial charge >= 0.3 is 0 Å². The van der Waals surface area contributed by atoms with Gasteiger partial charge in [0.15, 0.2) is 0 Å². The first kappa shape index (κ1) is 9.06. The SMILES string of the molecule is CC(C)(C)OCn1cnc(N)c1. The van der Waals surface area contributed by atoms with Crippen LogP contribution in [0.1, 0.15) is 20.8 Å². The number of nitrogen functional groups attached to an aromatic ring is 1. The summed E-state index contributed by atoms with van der Waals surface area (Å²) < 4.78 is 7.30. The summed E-state index contributed by atoms with van der Waals surface area (Å²) in [6.07, 6.45) is 3.40. The first-order valence-corrected chi connectivity index (χ1v) is 3.88. The minimum atomic E-state index is -0.126. The highest BCUT2D eigenvalue weighted by molar-refractivity contribution is 5.22. The van der Waals surface area contributed by atoms with Gasteiger partial charge in [0.1, 0.15) is 12.5 Å². The molecule has 4 nitrogen and oxygen atoms in total. The third-order valence-corrected chi connectivity index (χ3v) is 1.30. The van der Waals surface area contributed by atoms with Crippen LogP contribution in [0.5, 0.6) is 0 Å². The molecule has 0 aliphatic heterocycles. The molecule has 0 unspecified atom stereocenters. The van der Waals surface area contributed by atoms with Gasteiger partial charge in [-0.25, -0.2) is 4.98 Å². The number of nitrogens with two attached hydrogens (primary N) is 1. The first-order chi connectivity index (χ1) is 5.47. The normalized spacial score (nSPS) is 11.9. The molecule has 0 aromatic carbocycles. The van der Waals surface area contributed by atoms with Crippen LogP contribution in [-0.2, 0) is 11.5 Å². The fraction of sp³-hybridized carbons (Fsp3) is 0.625. The van der Waals surface area contributed by atoms with Crippen molar-refractivity contribution in [3.05, 3.63) is 12.5 Å². The van der Waals surface area contributed by atoms with Crippen molar-refractivity contribution >= 4 is 5.82 Å². The van der Waals surface area contributed by atoms with Crippen molar-refractivity contribution in [3.63, 3.8) is 0 Å². The molecule has 2 N–H and O–H groups in total. The van der Waals surface area contributed by atoms with E-state index in [-0.39, 0.29) is 5.60 Å². The Morgan fingerprint density at radius 3 is 2.67 bits per heavy atom. The molecule has 4 heteroatoms. The summed E-state index contributed by atoms with van der Waals surface area (Å²) in [4.78, 5) is 3.88. The lowest BCUT2D eigenvalue weighted by Gasteiger charge is -2.19. The van der Waals surface area contributed by atoms with Gasteiger partial charge in [-0.15, -0.1) is 0 Å². The molecule has 0 bridgehead atoms. The smallest absolute Gasteiger partial charge is 0.141 e. The van der Waals surface area contributed by atoms with Crippen LogP contribution in [0.2, 0.25) is 0 Å². The molecule has 0 spiro atoms. The molecule has 0 radical (unpaired) electrons. The number of aromatic nitrogens is 2. The number of imidazole rings is 1. The average Bonchev–Trinajstić information content (AvgIpc) is 2.30. The molecule has 1 aromatic rings. The van der Waals surface area contributed by atoms with Crippen molar-refractivity contribution in [1.82, 2.24) is 9.55 Å². The maximum absolute atomic E-state index is 5.50. The molecule has 12 heavy (non-hydrogen) atoms. The Labute approximate surface area is 72.3 Å². The molecule has 1 rings (SSSR count). The minimum absolute atomic E-state index is 0.126. The third-order valence-electron chi connectivity index (χ3n) is 1.30. The van der Waals surface area contributed by atoms with E-state index in [1.54, 1.807) is 17.1 Å². The number of hydrogen-bond acceptors (Lipinski definition) is 3. The molecule has 0 aliphatic rings. The van der Waals surface area contributed by atoms with E-state index in [2.05, 4.69) is 4.98 Å². The van der Waals surface area contributed by atoms with Gasteiger partial charge in [0.05, 0.1) is 11.9 Å². The van der Waals surface area contributed by atoms with Gasteiger partial charge in [0, 0.05) is 6.20 Å². The highest BCUT2D eigenvalue weighted by atomic mass is 16.5. The average molecular weight is 169 g/mol. The molecule has 0 saturated heterocycles. The first-order valence-electron chi connectivity index (χ1n) is 3.88. The van der Waals surface area contributed by atoms with Crippen LogP contribution >= 0.6 is 0 Å². The number of hydrogen-bond donors (Lipinski definition) is 1. The molecular weight excluding hydrogens is 154 g/mol. The summed E-state index contributed by atoms with van der Waals surface area (Å²) in [5.74, 6) is 0.521. The highest BCUT2D eigenvalue weighted by Crippen LogP contribution is 2.08. The molecule has 0 fully saturated rings. The van der Waals surface area contributed by atoms with Gasteiger partial charge in [-0.2, -0.15) is 0 Å². The number of ether oxygens (including phenoxy) is 1. The fourth-order valence-electron chi connectivity index (χ4n) is 0.716. The van der Waals surface area contributed by atoms with Gasteiger partial charge in [0.2, 0.25) is 0 Å². The Bertz CT molecular complexity index is 249. The Hall–Kier alpha value is -1.03. The number of nitrogens with zero attached hydrogens (tertiary/aromatic N) is 2. The monoisotopic (exact) mass is 169 g/mol. The van der Waals surface area contributed by atoms with E-state index >= 15 is 0 Å². The van der Waals surface area contributed by atoms with Crippen LogP contribution in [0.4, 0.5) is 5.82 Å². The largest absolute Gasteiger partial charge is 0.382 e. The van der Waals surface area contributed by atoms with E-state index < -0.39 is 0 Å². The lowest BCUT2D eigenvalue weighted by atomic mass is 10.2. The van der Waals surface area contributed by atoms with Crippen molar-refractivity contribution in [2.75, 3.05) is 5.73 Å². The molecule has 1 heterocycles. The molecule has 1 aromatic heterocycles.